The first-order valence-electron chi connectivity index (χ1n) is 10.2. The van der Waals surface area contributed by atoms with Gasteiger partial charge in [-0.15, -0.1) is 35.3 Å². The van der Waals surface area contributed by atoms with Gasteiger partial charge in [0, 0.05) is 30.2 Å². The maximum Gasteiger partial charge on any atom is 0.195 e. The van der Waals surface area contributed by atoms with Gasteiger partial charge in [0.05, 0.1) is 25.4 Å². The van der Waals surface area contributed by atoms with E-state index in [1.165, 1.54) is 4.88 Å². The standard InChI is InChI=1S/C22H32N4O2S.HI/c1-17(2)28-19-8-6-18(7-9-19)25-22(23-11-10-21-5-4-14-29-21)24-15-20-16-26(3)12-13-27-20;/h4-9,14,17,20H,10-13,15-16H2,1-3H3,(H2,23,24,25);1H. The first-order valence-corrected chi connectivity index (χ1v) is 11.1. The SMILES string of the molecule is CC(C)Oc1ccc(NC(=NCC2CN(C)CCO2)NCCc2cccs2)cc1.I. The smallest absolute Gasteiger partial charge is 0.195 e. The maximum atomic E-state index is 5.85. The molecule has 0 amide bonds. The van der Waals surface area contributed by atoms with E-state index < -0.39 is 0 Å². The second-order valence-corrected chi connectivity index (χ2v) is 8.55. The summed E-state index contributed by atoms with van der Waals surface area (Å²) >= 11 is 1.78. The lowest BCUT2D eigenvalue weighted by Gasteiger charge is -2.29. The Kier molecular flexibility index (Phi) is 10.9. The number of aliphatic imine (C=N–C) groups is 1. The molecule has 2 N–H and O–H groups in total. The molecule has 6 nitrogen and oxygen atoms in total. The number of hydrogen-bond donors (Lipinski definition) is 2. The molecule has 1 aliphatic heterocycles. The summed E-state index contributed by atoms with van der Waals surface area (Å²) in [6.07, 6.45) is 1.27. The summed E-state index contributed by atoms with van der Waals surface area (Å²) in [5.41, 5.74) is 0.977. The van der Waals surface area contributed by atoms with Gasteiger partial charge < -0.3 is 25.0 Å². The molecule has 1 atom stereocenters. The predicted octanol–water partition coefficient (Wildman–Crippen LogP) is 4.08. The van der Waals surface area contributed by atoms with Crippen molar-refractivity contribution in [3.63, 3.8) is 0 Å². The van der Waals surface area contributed by atoms with Gasteiger partial charge in [-0.3, -0.25) is 4.99 Å². The maximum absolute atomic E-state index is 5.85. The van der Waals surface area contributed by atoms with Crippen molar-refractivity contribution >= 4 is 47.0 Å². The summed E-state index contributed by atoms with van der Waals surface area (Å²) < 4.78 is 11.6. The minimum absolute atomic E-state index is 0. The van der Waals surface area contributed by atoms with Gasteiger partial charge in [0.2, 0.25) is 0 Å². The monoisotopic (exact) mass is 544 g/mol. The highest BCUT2D eigenvalue weighted by Crippen LogP contribution is 2.17. The molecule has 2 heterocycles. The molecule has 0 bridgehead atoms. The van der Waals surface area contributed by atoms with Crippen LogP contribution >= 0.6 is 35.3 Å². The molecule has 0 saturated carbocycles. The van der Waals surface area contributed by atoms with Gasteiger partial charge in [0.1, 0.15) is 5.75 Å². The Morgan fingerprint density at radius 2 is 2.10 bits per heavy atom. The van der Waals surface area contributed by atoms with Crippen molar-refractivity contribution in [1.82, 2.24) is 10.2 Å². The van der Waals surface area contributed by atoms with Crippen LogP contribution in [0.5, 0.6) is 5.75 Å². The average molecular weight is 545 g/mol. The third kappa shape index (κ3) is 8.79. The minimum atomic E-state index is 0. The first kappa shape index (κ1) is 24.9. The fourth-order valence-electron chi connectivity index (χ4n) is 3.09. The van der Waals surface area contributed by atoms with Crippen LogP contribution in [0.4, 0.5) is 5.69 Å². The van der Waals surface area contributed by atoms with Crippen LogP contribution in [-0.2, 0) is 11.2 Å². The van der Waals surface area contributed by atoms with Crippen molar-refractivity contribution in [1.29, 1.82) is 0 Å². The summed E-state index contributed by atoms with van der Waals surface area (Å²) in [6, 6.07) is 12.2. The van der Waals surface area contributed by atoms with Crippen LogP contribution in [-0.4, -0.2) is 62.9 Å². The molecule has 8 heteroatoms. The van der Waals surface area contributed by atoms with E-state index in [-0.39, 0.29) is 36.2 Å². The van der Waals surface area contributed by atoms with Crippen LogP contribution < -0.4 is 15.4 Å². The van der Waals surface area contributed by atoms with E-state index in [4.69, 9.17) is 14.5 Å². The number of guanidine groups is 1. The van der Waals surface area contributed by atoms with Gasteiger partial charge in [0.15, 0.2) is 5.96 Å². The Bertz CT molecular complexity index is 753. The Hall–Kier alpha value is -1.36. The predicted molar refractivity (Wildman–Crippen MR) is 137 cm³/mol. The Morgan fingerprint density at radius 3 is 2.77 bits per heavy atom. The fourth-order valence-corrected chi connectivity index (χ4v) is 3.80. The summed E-state index contributed by atoms with van der Waals surface area (Å²) in [6.45, 7) is 8.17. The zero-order valence-corrected chi connectivity index (χ0v) is 21.1. The highest BCUT2D eigenvalue weighted by molar-refractivity contribution is 14.0. The quantitative estimate of drug-likeness (QED) is 0.298. The number of ether oxygens (including phenoxy) is 2. The molecule has 1 aliphatic rings. The third-order valence-corrected chi connectivity index (χ3v) is 5.46. The van der Waals surface area contributed by atoms with Crippen molar-refractivity contribution in [3.05, 3.63) is 46.7 Å². The molecule has 0 spiro atoms. The number of thiophene rings is 1. The van der Waals surface area contributed by atoms with Crippen molar-refractivity contribution < 1.29 is 9.47 Å². The zero-order chi connectivity index (χ0) is 20.5. The van der Waals surface area contributed by atoms with Gasteiger partial charge in [-0.1, -0.05) is 6.07 Å². The fraction of sp³-hybridized carbons (Fsp3) is 0.500. The van der Waals surface area contributed by atoms with Crippen LogP contribution in [0.2, 0.25) is 0 Å². The van der Waals surface area contributed by atoms with E-state index in [2.05, 4.69) is 40.1 Å². The topological polar surface area (TPSA) is 58.1 Å². The molecule has 2 aromatic rings. The van der Waals surface area contributed by atoms with E-state index in [1.807, 2.05) is 38.1 Å². The molecular weight excluding hydrogens is 511 g/mol. The minimum Gasteiger partial charge on any atom is -0.491 e. The zero-order valence-electron chi connectivity index (χ0n) is 18.0. The van der Waals surface area contributed by atoms with E-state index in [0.29, 0.717) is 6.54 Å². The molecule has 3 rings (SSSR count). The van der Waals surface area contributed by atoms with Crippen LogP contribution in [0.15, 0.2) is 46.8 Å². The molecule has 1 aromatic heterocycles. The van der Waals surface area contributed by atoms with E-state index in [0.717, 1.165) is 50.1 Å². The number of hydrogen-bond acceptors (Lipinski definition) is 5. The van der Waals surface area contributed by atoms with Gasteiger partial charge in [-0.05, 0) is 63.0 Å². The lowest BCUT2D eigenvalue weighted by atomic mass is 10.3. The summed E-state index contributed by atoms with van der Waals surface area (Å²) in [5.74, 6) is 1.64. The second-order valence-electron chi connectivity index (χ2n) is 7.52. The molecule has 1 saturated heterocycles. The van der Waals surface area contributed by atoms with Crippen LogP contribution in [0.3, 0.4) is 0 Å². The highest BCUT2D eigenvalue weighted by atomic mass is 127. The molecule has 1 unspecified atom stereocenters. The average Bonchev–Trinajstić information content (AvgIpc) is 3.20. The Balaban J connectivity index is 0.00000320. The molecule has 1 fully saturated rings. The number of nitrogens with zero attached hydrogens (tertiary/aromatic N) is 2. The van der Waals surface area contributed by atoms with Crippen LogP contribution in [0, 0.1) is 0 Å². The van der Waals surface area contributed by atoms with Gasteiger partial charge in [-0.25, -0.2) is 0 Å². The molecule has 1 aromatic carbocycles. The summed E-state index contributed by atoms with van der Waals surface area (Å²) in [4.78, 5) is 8.43. The Labute approximate surface area is 201 Å². The van der Waals surface area contributed by atoms with Gasteiger partial charge in [0.25, 0.3) is 0 Å². The number of halogens is 1. The molecular formula is C22H33IN4O2S. The van der Waals surface area contributed by atoms with E-state index >= 15 is 0 Å². The summed E-state index contributed by atoms with van der Waals surface area (Å²) in [7, 11) is 2.12. The van der Waals surface area contributed by atoms with Crippen LogP contribution in [0.25, 0.3) is 0 Å². The number of likely N-dealkylation sites (N-methyl/N-ethyl adjacent to an activating group) is 1. The summed E-state index contributed by atoms with van der Waals surface area (Å²) in [5, 5.41) is 8.97. The third-order valence-electron chi connectivity index (χ3n) is 4.53. The Morgan fingerprint density at radius 1 is 1.30 bits per heavy atom. The van der Waals surface area contributed by atoms with Crippen LogP contribution in [0.1, 0.15) is 18.7 Å². The van der Waals surface area contributed by atoms with Crippen molar-refractivity contribution in [2.75, 3.05) is 45.2 Å². The largest absolute Gasteiger partial charge is 0.491 e. The van der Waals surface area contributed by atoms with Crippen molar-refractivity contribution in [3.8, 4) is 5.75 Å². The molecule has 0 radical (unpaired) electrons. The van der Waals surface area contributed by atoms with Gasteiger partial charge >= 0.3 is 0 Å². The molecule has 166 valence electrons. The number of anilines is 1. The van der Waals surface area contributed by atoms with Crippen molar-refractivity contribution in [2.24, 2.45) is 4.99 Å². The second kappa shape index (κ2) is 13.1. The van der Waals surface area contributed by atoms with E-state index in [9.17, 15) is 0 Å². The number of benzene rings is 1. The normalized spacial score (nSPS) is 17.5. The lowest BCUT2D eigenvalue weighted by molar-refractivity contribution is -0.0136. The van der Waals surface area contributed by atoms with Gasteiger partial charge in [-0.2, -0.15) is 0 Å². The molecule has 0 aliphatic carbocycles. The lowest BCUT2D eigenvalue weighted by Crippen LogP contribution is -2.42. The highest BCUT2D eigenvalue weighted by Gasteiger charge is 2.17. The molecule has 30 heavy (non-hydrogen) atoms. The first-order chi connectivity index (χ1) is 14.1. The van der Waals surface area contributed by atoms with E-state index in [1.54, 1.807) is 11.3 Å². The number of nitrogens with one attached hydrogen (secondary N) is 2. The number of rotatable bonds is 8. The number of morpholine rings is 1. The van der Waals surface area contributed by atoms with Crippen molar-refractivity contribution in [2.45, 2.75) is 32.5 Å².